The quantitative estimate of drug-likeness (QED) is 0.728. The van der Waals surface area contributed by atoms with Crippen LogP contribution in [-0.4, -0.2) is 19.1 Å². The second-order valence-corrected chi connectivity index (χ2v) is 3.29. The molecule has 0 saturated carbocycles. The van der Waals surface area contributed by atoms with E-state index >= 15 is 0 Å². The van der Waals surface area contributed by atoms with Gasteiger partial charge in [-0.15, -0.1) is 0 Å². The molecule has 0 atom stereocenters. The van der Waals surface area contributed by atoms with Crippen molar-refractivity contribution in [2.45, 2.75) is 13.3 Å². The predicted octanol–water partition coefficient (Wildman–Crippen LogP) is 1.37. The first-order valence-corrected chi connectivity index (χ1v) is 4.85. The van der Waals surface area contributed by atoms with Gasteiger partial charge in [0.2, 0.25) is 0 Å². The van der Waals surface area contributed by atoms with Crippen molar-refractivity contribution in [1.29, 1.82) is 0 Å². The molecule has 2 rings (SSSR count). The highest BCUT2D eigenvalue weighted by molar-refractivity contribution is 5.97. The first-order valence-electron chi connectivity index (χ1n) is 4.85. The highest BCUT2D eigenvalue weighted by Gasteiger charge is 2.15. The molecule has 1 aromatic carbocycles. The van der Waals surface area contributed by atoms with Crippen LogP contribution in [0.1, 0.15) is 22.8 Å². The summed E-state index contributed by atoms with van der Waals surface area (Å²) in [7, 11) is 0. The predicted molar refractivity (Wildman–Crippen MR) is 53.6 cm³/mol. The van der Waals surface area contributed by atoms with Crippen molar-refractivity contribution < 1.29 is 9.53 Å². The summed E-state index contributed by atoms with van der Waals surface area (Å²) in [5, 5.41) is 2.77. The zero-order valence-corrected chi connectivity index (χ0v) is 8.17. The zero-order chi connectivity index (χ0) is 9.97. The molecule has 1 aliphatic rings. The molecule has 14 heavy (non-hydrogen) atoms. The summed E-state index contributed by atoms with van der Waals surface area (Å²) < 4.78 is 5.48. The highest BCUT2D eigenvalue weighted by Crippen LogP contribution is 2.22. The molecule has 3 nitrogen and oxygen atoms in total. The molecule has 0 aromatic heterocycles. The largest absolute Gasteiger partial charge is 0.491 e. The maximum absolute atomic E-state index is 11.5. The van der Waals surface area contributed by atoms with E-state index in [1.807, 2.05) is 18.2 Å². The fraction of sp³-hybridized carbons (Fsp3) is 0.364. The first-order chi connectivity index (χ1) is 6.81. The van der Waals surface area contributed by atoms with Crippen LogP contribution in [0.2, 0.25) is 0 Å². The van der Waals surface area contributed by atoms with Crippen LogP contribution >= 0.6 is 0 Å². The standard InChI is InChI=1S/C11H13NO2/c1-2-8-3-4-9-10(7-8)14-6-5-12-11(9)13/h3-4,7H,2,5-6H2,1H3,(H,12,13). The van der Waals surface area contributed by atoms with E-state index in [4.69, 9.17) is 4.74 Å². The van der Waals surface area contributed by atoms with Gasteiger partial charge in [-0.25, -0.2) is 0 Å². The number of hydrogen-bond donors (Lipinski definition) is 1. The smallest absolute Gasteiger partial charge is 0.255 e. The molecular formula is C11H13NO2. The minimum atomic E-state index is -0.0415. The van der Waals surface area contributed by atoms with Gasteiger partial charge in [0, 0.05) is 0 Å². The van der Waals surface area contributed by atoms with Crippen molar-refractivity contribution in [3.63, 3.8) is 0 Å². The number of carbonyl (C=O) groups is 1. The van der Waals surface area contributed by atoms with E-state index < -0.39 is 0 Å². The number of ether oxygens (including phenoxy) is 1. The third-order valence-corrected chi connectivity index (χ3v) is 2.34. The minimum Gasteiger partial charge on any atom is -0.491 e. The number of rotatable bonds is 1. The average Bonchev–Trinajstić information content (AvgIpc) is 2.40. The van der Waals surface area contributed by atoms with Gasteiger partial charge < -0.3 is 10.1 Å². The van der Waals surface area contributed by atoms with Crippen molar-refractivity contribution in [3.8, 4) is 5.75 Å². The van der Waals surface area contributed by atoms with Crippen molar-refractivity contribution in [2.24, 2.45) is 0 Å². The van der Waals surface area contributed by atoms with E-state index in [0.717, 1.165) is 6.42 Å². The number of nitrogens with one attached hydrogen (secondary N) is 1. The summed E-state index contributed by atoms with van der Waals surface area (Å²) in [5.74, 6) is 0.666. The van der Waals surface area contributed by atoms with Gasteiger partial charge in [0.05, 0.1) is 12.1 Å². The van der Waals surface area contributed by atoms with E-state index in [2.05, 4.69) is 12.2 Å². The Labute approximate surface area is 83.1 Å². The lowest BCUT2D eigenvalue weighted by Gasteiger charge is -2.06. The van der Waals surface area contributed by atoms with Crippen molar-refractivity contribution in [1.82, 2.24) is 5.32 Å². The molecule has 1 amide bonds. The molecule has 0 radical (unpaired) electrons. The van der Waals surface area contributed by atoms with Gasteiger partial charge in [-0.3, -0.25) is 4.79 Å². The van der Waals surface area contributed by atoms with Gasteiger partial charge in [-0.2, -0.15) is 0 Å². The Balaban J connectivity index is 2.43. The van der Waals surface area contributed by atoms with Crippen molar-refractivity contribution >= 4 is 5.91 Å². The van der Waals surface area contributed by atoms with E-state index in [1.54, 1.807) is 0 Å². The maximum Gasteiger partial charge on any atom is 0.255 e. The molecule has 0 saturated heterocycles. The number of aryl methyl sites for hydroxylation is 1. The molecule has 0 aliphatic carbocycles. The van der Waals surface area contributed by atoms with Crippen molar-refractivity contribution in [3.05, 3.63) is 29.3 Å². The molecule has 0 spiro atoms. The number of hydrogen-bond acceptors (Lipinski definition) is 2. The van der Waals surface area contributed by atoms with Gasteiger partial charge in [-0.05, 0) is 24.1 Å². The Hall–Kier alpha value is -1.51. The van der Waals surface area contributed by atoms with Crippen LogP contribution < -0.4 is 10.1 Å². The van der Waals surface area contributed by atoms with Gasteiger partial charge in [0.15, 0.2) is 0 Å². The molecule has 1 aliphatic heterocycles. The average molecular weight is 191 g/mol. The maximum atomic E-state index is 11.5. The lowest BCUT2D eigenvalue weighted by Crippen LogP contribution is -2.24. The van der Waals surface area contributed by atoms with Gasteiger partial charge in [0.25, 0.3) is 5.91 Å². The Morgan fingerprint density at radius 1 is 1.50 bits per heavy atom. The number of fused-ring (bicyclic) bond motifs is 1. The Kier molecular flexibility index (Phi) is 2.39. The summed E-state index contributed by atoms with van der Waals surface area (Å²) in [6, 6.07) is 5.74. The third-order valence-electron chi connectivity index (χ3n) is 2.34. The lowest BCUT2D eigenvalue weighted by molar-refractivity contribution is 0.0957. The third kappa shape index (κ3) is 1.58. The molecule has 1 heterocycles. The molecular weight excluding hydrogens is 178 g/mol. The van der Waals surface area contributed by atoms with Crippen LogP contribution in [0.5, 0.6) is 5.75 Å². The molecule has 1 aromatic rings. The summed E-state index contributed by atoms with van der Waals surface area (Å²) in [6.45, 7) is 3.21. The summed E-state index contributed by atoms with van der Waals surface area (Å²) >= 11 is 0. The topological polar surface area (TPSA) is 38.3 Å². The van der Waals surface area contributed by atoms with Crippen LogP contribution in [0.15, 0.2) is 18.2 Å². The summed E-state index contributed by atoms with van der Waals surface area (Å²) in [4.78, 5) is 11.5. The zero-order valence-electron chi connectivity index (χ0n) is 8.17. The van der Waals surface area contributed by atoms with Crippen LogP contribution in [0.4, 0.5) is 0 Å². The molecule has 1 N–H and O–H groups in total. The number of benzene rings is 1. The van der Waals surface area contributed by atoms with E-state index in [-0.39, 0.29) is 5.91 Å². The van der Waals surface area contributed by atoms with Crippen LogP contribution in [-0.2, 0) is 6.42 Å². The molecule has 74 valence electrons. The van der Waals surface area contributed by atoms with E-state index in [0.29, 0.717) is 24.5 Å². The summed E-state index contributed by atoms with van der Waals surface area (Å²) in [6.07, 6.45) is 0.957. The normalized spacial score (nSPS) is 15.1. The summed E-state index contributed by atoms with van der Waals surface area (Å²) in [5.41, 5.74) is 1.83. The Bertz CT molecular complexity index is 360. The number of carbonyl (C=O) groups excluding carboxylic acids is 1. The van der Waals surface area contributed by atoms with Gasteiger partial charge >= 0.3 is 0 Å². The first kappa shape index (κ1) is 9.06. The van der Waals surface area contributed by atoms with Crippen molar-refractivity contribution in [2.75, 3.05) is 13.2 Å². The molecule has 0 bridgehead atoms. The Morgan fingerprint density at radius 3 is 3.14 bits per heavy atom. The number of amides is 1. The van der Waals surface area contributed by atoms with E-state index in [9.17, 15) is 4.79 Å². The van der Waals surface area contributed by atoms with Crippen LogP contribution in [0.25, 0.3) is 0 Å². The fourth-order valence-corrected chi connectivity index (χ4v) is 1.51. The molecule has 0 fully saturated rings. The SMILES string of the molecule is CCc1ccc2c(c1)OCCNC2=O. The van der Waals surface area contributed by atoms with Gasteiger partial charge in [-0.1, -0.05) is 13.0 Å². The second-order valence-electron chi connectivity index (χ2n) is 3.29. The second kappa shape index (κ2) is 3.70. The van der Waals surface area contributed by atoms with Gasteiger partial charge in [0.1, 0.15) is 12.4 Å². The monoisotopic (exact) mass is 191 g/mol. The molecule has 0 unspecified atom stereocenters. The highest BCUT2D eigenvalue weighted by atomic mass is 16.5. The minimum absolute atomic E-state index is 0.0415. The fourth-order valence-electron chi connectivity index (χ4n) is 1.51. The lowest BCUT2D eigenvalue weighted by atomic mass is 10.1. The van der Waals surface area contributed by atoms with Crippen LogP contribution in [0.3, 0.4) is 0 Å². The van der Waals surface area contributed by atoms with Crippen LogP contribution in [0, 0.1) is 0 Å². The van der Waals surface area contributed by atoms with E-state index in [1.165, 1.54) is 5.56 Å². The Morgan fingerprint density at radius 2 is 2.36 bits per heavy atom. The molecule has 3 heteroatoms.